The van der Waals surface area contributed by atoms with Crippen LogP contribution in [0.15, 0.2) is 12.1 Å². The summed E-state index contributed by atoms with van der Waals surface area (Å²) in [6.07, 6.45) is -0.422. The summed E-state index contributed by atoms with van der Waals surface area (Å²) in [7, 11) is -4.79. The van der Waals surface area contributed by atoms with Gasteiger partial charge in [-0.2, -0.15) is 8.42 Å². The Kier molecular flexibility index (Phi) is 3.70. The van der Waals surface area contributed by atoms with E-state index < -0.39 is 32.7 Å². The third-order valence-electron chi connectivity index (χ3n) is 3.49. The highest BCUT2D eigenvalue weighted by atomic mass is 32.3. The molecule has 1 fully saturated rings. The quantitative estimate of drug-likeness (QED) is 0.479. The zero-order valence-corrected chi connectivity index (χ0v) is 12.2. The van der Waals surface area contributed by atoms with Crippen molar-refractivity contribution in [3.63, 3.8) is 0 Å². The van der Waals surface area contributed by atoms with Crippen molar-refractivity contribution < 1.29 is 22.0 Å². The van der Waals surface area contributed by atoms with E-state index in [4.69, 9.17) is 0 Å². The van der Waals surface area contributed by atoms with Gasteiger partial charge in [-0.3, -0.25) is 14.9 Å². The number of carbonyl (C=O) groups excluding carboxylic acids is 1. The van der Waals surface area contributed by atoms with Gasteiger partial charge in [-0.25, -0.2) is 0 Å². The molecule has 9 heteroatoms. The van der Waals surface area contributed by atoms with Gasteiger partial charge in [0.2, 0.25) is 5.91 Å². The lowest BCUT2D eigenvalue weighted by Crippen LogP contribution is -2.27. The molecule has 1 aliphatic rings. The number of nitro groups is 1. The van der Waals surface area contributed by atoms with E-state index in [-0.39, 0.29) is 12.2 Å². The Morgan fingerprint density at radius 2 is 1.95 bits per heavy atom. The molecule has 0 bridgehead atoms. The number of benzene rings is 1. The van der Waals surface area contributed by atoms with Crippen LogP contribution >= 0.6 is 0 Å². The van der Waals surface area contributed by atoms with Crippen molar-refractivity contribution in [3.05, 3.63) is 33.4 Å². The first kappa shape index (κ1) is 15.4. The topological polar surface area (TPSA) is 97.6 Å². The lowest BCUT2D eigenvalue weighted by atomic mass is 10.1. The Hall–Kier alpha value is -2.03. The van der Waals surface area contributed by atoms with Crippen molar-refractivity contribution in [2.75, 3.05) is 11.4 Å². The van der Waals surface area contributed by atoms with E-state index >= 15 is 0 Å². The Morgan fingerprint density at radius 3 is 2.43 bits per heavy atom. The fourth-order valence-electron chi connectivity index (χ4n) is 2.37. The monoisotopic (exact) mass is 316 g/mol. The van der Waals surface area contributed by atoms with Gasteiger partial charge in [0, 0.05) is 30.3 Å². The summed E-state index contributed by atoms with van der Waals surface area (Å²) in [5, 5.41) is 9.46. The van der Waals surface area contributed by atoms with Crippen LogP contribution in [0.2, 0.25) is 0 Å². The summed E-state index contributed by atoms with van der Waals surface area (Å²) in [6, 6.07) is 2.76. The number of rotatable bonds is 3. The fraction of sp³-hybridized carbons (Fsp3) is 0.417. The number of hydrogen-bond donors (Lipinski definition) is 0. The first-order valence-electron chi connectivity index (χ1n) is 6.10. The van der Waals surface area contributed by atoms with E-state index in [0.717, 1.165) is 4.90 Å². The number of nitro benzene ring substituents is 1. The summed E-state index contributed by atoms with van der Waals surface area (Å²) in [5.74, 6) is -0.516. The van der Waals surface area contributed by atoms with Gasteiger partial charge in [-0.15, -0.1) is 3.89 Å². The number of aryl methyl sites for hydroxylation is 2. The molecule has 0 radical (unpaired) electrons. The number of anilines is 1. The summed E-state index contributed by atoms with van der Waals surface area (Å²) in [4.78, 5) is 23.4. The average Bonchev–Trinajstić information content (AvgIpc) is 2.73. The van der Waals surface area contributed by atoms with Crippen LogP contribution < -0.4 is 4.90 Å². The Balaban J connectivity index is 2.42. The predicted octanol–water partition coefficient (Wildman–Crippen LogP) is 1.62. The largest absolute Gasteiger partial charge is 0.311 e. The van der Waals surface area contributed by atoms with Crippen molar-refractivity contribution in [1.82, 2.24) is 0 Å². The van der Waals surface area contributed by atoms with Crippen molar-refractivity contribution >= 4 is 27.5 Å². The van der Waals surface area contributed by atoms with E-state index in [2.05, 4.69) is 0 Å². The lowest BCUT2D eigenvalue weighted by Gasteiger charge is -2.19. The molecule has 1 aromatic rings. The third kappa shape index (κ3) is 2.87. The first-order chi connectivity index (χ1) is 9.61. The van der Waals surface area contributed by atoms with E-state index in [1.165, 1.54) is 19.1 Å². The Labute approximate surface area is 120 Å². The molecule has 0 saturated carbocycles. The number of hydrogen-bond acceptors (Lipinski definition) is 5. The highest BCUT2D eigenvalue weighted by molar-refractivity contribution is 7.87. The second-order valence-corrected chi connectivity index (χ2v) is 6.61. The third-order valence-corrected chi connectivity index (χ3v) is 4.60. The van der Waals surface area contributed by atoms with Gasteiger partial charge < -0.3 is 4.90 Å². The van der Waals surface area contributed by atoms with Gasteiger partial charge in [0.25, 0.3) is 5.69 Å². The SMILES string of the molecule is Cc1cc([N+](=O)[O-])c(C)cc1N1CC(S(=O)(=O)F)CC1=O. The van der Waals surface area contributed by atoms with Crippen molar-refractivity contribution in [2.24, 2.45) is 0 Å². The summed E-state index contributed by atoms with van der Waals surface area (Å²) < 4.78 is 34.8. The van der Waals surface area contributed by atoms with Gasteiger partial charge >= 0.3 is 10.2 Å². The standard InChI is InChI=1S/C12H13FN2O5S/c1-7-4-11(15(17)18)8(2)3-10(7)14-6-9(5-12(14)16)21(13,19)20/h3-4,9H,5-6H2,1-2H3. The molecule has 1 heterocycles. The molecular weight excluding hydrogens is 303 g/mol. The molecule has 1 aliphatic heterocycles. The maximum atomic E-state index is 13.0. The molecule has 1 amide bonds. The van der Waals surface area contributed by atoms with Crippen LogP contribution in [0.5, 0.6) is 0 Å². The molecular formula is C12H13FN2O5S. The van der Waals surface area contributed by atoms with Gasteiger partial charge in [0.15, 0.2) is 0 Å². The minimum Gasteiger partial charge on any atom is -0.311 e. The Bertz CT molecular complexity index is 731. The molecule has 114 valence electrons. The smallest absolute Gasteiger partial charge is 0.307 e. The van der Waals surface area contributed by atoms with Crippen LogP contribution in [-0.2, 0) is 15.0 Å². The van der Waals surface area contributed by atoms with Crippen LogP contribution in [0.25, 0.3) is 0 Å². The number of carbonyl (C=O) groups is 1. The minimum atomic E-state index is -4.79. The van der Waals surface area contributed by atoms with Gasteiger partial charge in [-0.05, 0) is 25.5 Å². The Morgan fingerprint density at radius 1 is 1.33 bits per heavy atom. The maximum absolute atomic E-state index is 13.0. The molecule has 1 aromatic carbocycles. The molecule has 0 N–H and O–H groups in total. The molecule has 1 saturated heterocycles. The molecule has 1 atom stereocenters. The highest BCUT2D eigenvalue weighted by Crippen LogP contribution is 2.32. The first-order valence-corrected chi connectivity index (χ1v) is 7.55. The molecule has 0 aromatic heterocycles. The fourth-order valence-corrected chi connectivity index (χ4v) is 3.04. The summed E-state index contributed by atoms with van der Waals surface area (Å²) in [6.45, 7) is 2.81. The second kappa shape index (κ2) is 5.06. The summed E-state index contributed by atoms with van der Waals surface area (Å²) >= 11 is 0. The zero-order valence-electron chi connectivity index (χ0n) is 11.4. The molecule has 7 nitrogen and oxygen atoms in total. The van der Waals surface area contributed by atoms with E-state index in [1.54, 1.807) is 6.92 Å². The van der Waals surface area contributed by atoms with Crippen molar-refractivity contribution in [2.45, 2.75) is 25.5 Å². The zero-order chi connectivity index (χ0) is 15.9. The normalized spacial score (nSPS) is 19.1. The highest BCUT2D eigenvalue weighted by Gasteiger charge is 2.39. The maximum Gasteiger partial charge on any atom is 0.307 e. The van der Waals surface area contributed by atoms with Crippen molar-refractivity contribution in [1.29, 1.82) is 0 Å². The average molecular weight is 316 g/mol. The van der Waals surface area contributed by atoms with Crippen LogP contribution in [0.1, 0.15) is 17.5 Å². The van der Waals surface area contributed by atoms with E-state index in [9.17, 15) is 27.2 Å². The predicted molar refractivity (Wildman–Crippen MR) is 73.4 cm³/mol. The molecule has 0 spiro atoms. The lowest BCUT2D eigenvalue weighted by molar-refractivity contribution is -0.385. The van der Waals surface area contributed by atoms with Gasteiger partial charge in [0.05, 0.1) is 4.92 Å². The number of nitrogens with zero attached hydrogens (tertiary/aromatic N) is 2. The molecule has 21 heavy (non-hydrogen) atoms. The van der Waals surface area contributed by atoms with Crippen molar-refractivity contribution in [3.8, 4) is 0 Å². The van der Waals surface area contributed by atoms with E-state index in [0.29, 0.717) is 16.8 Å². The number of halogens is 1. The van der Waals surface area contributed by atoms with Gasteiger partial charge in [0.1, 0.15) is 5.25 Å². The number of amides is 1. The molecule has 1 unspecified atom stereocenters. The molecule has 2 rings (SSSR count). The molecule has 0 aliphatic carbocycles. The summed E-state index contributed by atoms with van der Waals surface area (Å²) in [5.41, 5.74) is 1.09. The van der Waals surface area contributed by atoms with E-state index in [1.807, 2.05) is 0 Å². The van der Waals surface area contributed by atoms with Crippen LogP contribution in [0, 0.1) is 24.0 Å². The van der Waals surface area contributed by atoms with Crippen LogP contribution in [0.4, 0.5) is 15.3 Å². The minimum absolute atomic E-state index is 0.0856. The van der Waals surface area contributed by atoms with Crippen LogP contribution in [0.3, 0.4) is 0 Å². The van der Waals surface area contributed by atoms with Gasteiger partial charge in [-0.1, -0.05) is 0 Å². The second-order valence-electron chi connectivity index (χ2n) is 4.99. The van der Waals surface area contributed by atoms with Crippen LogP contribution in [-0.4, -0.2) is 31.0 Å².